The van der Waals surface area contributed by atoms with Crippen LogP contribution in [0.3, 0.4) is 0 Å². The van der Waals surface area contributed by atoms with E-state index >= 15 is 0 Å². The first-order valence-corrected chi connectivity index (χ1v) is 8.49. The number of nitrogens with one attached hydrogen (secondary N) is 1. The van der Waals surface area contributed by atoms with Crippen molar-refractivity contribution in [3.8, 4) is 5.75 Å². The van der Waals surface area contributed by atoms with E-state index in [0.29, 0.717) is 31.3 Å². The van der Waals surface area contributed by atoms with Gasteiger partial charge in [0.1, 0.15) is 12.4 Å². The fourth-order valence-corrected chi connectivity index (χ4v) is 2.82. The number of anilines is 1. The average Bonchev–Trinajstić information content (AvgIpc) is 2.67. The number of aromatic nitrogens is 1. The van der Waals surface area contributed by atoms with E-state index in [1.54, 1.807) is 12.3 Å². The molecule has 0 radical (unpaired) electrons. The van der Waals surface area contributed by atoms with Crippen molar-refractivity contribution in [2.75, 3.05) is 18.5 Å². The second-order valence-corrected chi connectivity index (χ2v) is 6.10. The number of nitrogens with two attached hydrogens (primary N) is 1. The van der Waals surface area contributed by atoms with Crippen LogP contribution in [-0.4, -0.2) is 30.1 Å². The summed E-state index contributed by atoms with van der Waals surface area (Å²) < 4.78 is 11.0. The number of nitrogens with zero attached hydrogens (tertiary/aromatic N) is 1. The van der Waals surface area contributed by atoms with Gasteiger partial charge in [-0.25, -0.2) is 0 Å². The first kappa shape index (κ1) is 23.2. The lowest BCUT2D eigenvalue weighted by atomic mass is 9.92. The topological polar surface area (TPSA) is 86.5 Å². The first-order chi connectivity index (χ1) is 12.2. The van der Waals surface area contributed by atoms with Crippen molar-refractivity contribution in [3.05, 3.63) is 54.4 Å². The summed E-state index contributed by atoms with van der Waals surface area (Å²) in [4.78, 5) is 16.6. The SMILES string of the molecule is Cl.Cl.NC(C(=O)Nc1cccc(OCc2ccccn2)c1)C1CCOCC1. The van der Waals surface area contributed by atoms with Gasteiger partial charge in [-0.1, -0.05) is 12.1 Å². The predicted octanol–water partition coefficient (Wildman–Crippen LogP) is 3.20. The Bertz CT molecular complexity index is 698. The van der Waals surface area contributed by atoms with Crippen LogP contribution < -0.4 is 15.8 Å². The maximum atomic E-state index is 12.4. The highest BCUT2D eigenvalue weighted by Gasteiger charge is 2.26. The van der Waals surface area contributed by atoms with Gasteiger partial charge >= 0.3 is 0 Å². The number of rotatable bonds is 6. The third-order valence-electron chi connectivity index (χ3n) is 4.29. The summed E-state index contributed by atoms with van der Waals surface area (Å²) in [5, 5.41) is 2.88. The van der Waals surface area contributed by atoms with Crippen LogP contribution in [0.5, 0.6) is 5.75 Å². The molecule has 1 unspecified atom stereocenters. The van der Waals surface area contributed by atoms with E-state index in [0.717, 1.165) is 18.5 Å². The molecule has 0 saturated carbocycles. The van der Waals surface area contributed by atoms with Crippen LogP contribution in [0.1, 0.15) is 18.5 Å². The van der Waals surface area contributed by atoms with Crippen LogP contribution in [0.4, 0.5) is 5.69 Å². The molecule has 0 bridgehead atoms. The van der Waals surface area contributed by atoms with Gasteiger partial charge in [0.05, 0.1) is 11.7 Å². The summed E-state index contributed by atoms with van der Waals surface area (Å²) in [6.07, 6.45) is 3.37. The zero-order chi connectivity index (χ0) is 17.5. The lowest BCUT2D eigenvalue weighted by Gasteiger charge is -2.26. The summed E-state index contributed by atoms with van der Waals surface area (Å²) >= 11 is 0. The van der Waals surface area contributed by atoms with Crippen LogP contribution >= 0.6 is 24.8 Å². The molecule has 0 aliphatic carbocycles. The average molecular weight is 414 g/mol. The number of halogens is 2. The predicted molar refractivity (Wildman–Crippen MR) is 110 cm³/mol. The van der Waals surface area contributed by atoms with E-state index in [2.05, 4.69) is 10.3 Å². The van der Waals surface area contributed by atoms with Gasteiger partial charge < -0.3 is 20.5 Å². The van der Waals surface area contributed by atoms with Crippen LogP contribution in [0.2, 0.25) is 0 Å². The largest absolute Gasteiger partial charge is 0.487 e. The molecule has 8 heteroatoms. The molecule has 1 saturated heterocycles. The fraction of sp³-hybridized carbons (Fsp3) is 0.368. The molecule has 3 N–H and O–H groups in total. The van der Waals surface area contributed by atoms with Crippen LogP contribution in [0.15, 0.2) is 48.7 Å². The molecule has 1 amide bonds. The summed E-state index contributed by atoms with van der Waals surface area (Å²) in [6, 6.07) is 12.4. The molecule has 1 atom stereocenters. The van der Waals surface area contributed by atoms with Crippen LogP contribution in [-0.2, 0) is 16.1 Å². The number of carbonyl (C=O) groups is 1. The summed E-state index contributed by atoms with van der Waals surface area (Å²) in [6.45, 7) is 1.71. The first-order valence-electron chi connectivity index (χ1n) is 8.49. The molecule has 0 spiro atoms. The maximum absolute atomic E-state index is 12.4. The van der Waals surface area contributed by atoms with Crippen molar-refractivity contribution in [2.45, 2.75) is 25.5 Å². The molecule has 2 aromatic rings. The third-order valence-corrected chi connectivity index (χ3v) is 4.29. The van der Waals surface area contributed by atoms with E-state index in [1.807, 2.05) is 36.4 Å². The lowest BCUT2D eigenvalue weighted by Crippen LogP contribution is -2.43. The number of pyridine rings is 1. The number of hydrogen-bond donors (Lipinski definition) is 2. The lowest BCUT2D eigenvalue weighted by molar-refractivity contribution is -0.119. The van der Waals surface area contributed by atoms with Gasteiger partial charge in [-0.3, -0.25) is 9.78 Å². The third kappa shape index (κ3) is 6.99. The van der Waals surface area contributed by atoms with E-state index < -0.39 is 6.04 Å². The highest BCUT2D eigenvalue weighted by atomic mass is 35.5. The highest BCUT2D eigenvalue weighted by molar-refractivity contribution is 5.95. The molecule has 1 fully saturated rings. The summed E-state index contributed by atoms with van der Waals surface area (Å²) in [5.74, 6) is 0.661. The molecular formula is C19H25Cl2N3O3. The van der Waals surface area contributed by atoms with E-state index in [1.165, 1.54) is 0 Å². The Morgan fingerprint density at radius 1 is 1.22 bits per heavy atom. The van der Waals surface area contributed by atoms with Crippen molar-refractivity contribution in [2.24, 2.45) is 11.7 Å². The van der Waals surface area contributed by atoms with Crippen LogP contribution in [0, 0.1) is 5.92 Å². The number of amides is 1. The Morgan fingerprint density at radius 2 is 2.00 bits per heavy atom. The number of hydrogen-bond acceptors (Lipinski definition) is 5. The molecule has 1 aromatic carbocycles. The minimum Gasteiger partial charge on any atom is -0.487 e. The molecule has 27 heavy (non-hydrogen) atoms. The van der Waals surface area contributed by atoms with E-state index in [-0.39, 0.29) is 36.6 Å². The summed E-state index contributed by atoms with van der Waals surface area (Å²) in [5.41, 5.74) is 7.62. The molecule has 148 valence electrons. The minimum atomic E-state index is -0.526. The molecule has 1 aliphatic rings. The van der Waals surface area contributed by atoms with E-state index in [9.17, 15) is 4.79 Å². The van der Waals surface area contributed by atoms with Gasteiger partial charge in [0.2, 0.25) is 5.91 Å². The fourth-order valence-electron chi connectivity index (χ4n) is 2.82. The van der Waals surface area contributed by atoms with Gasteiger partial charge in [-0.15, -0.1) is 24.8 Å². The number of benzene rings is 1. The zero-order valence-corrected chi connectivity index (χ0v) is 16.5. The van der Waals surface area contributed by atoms with Gasteiger partial charge in [0.15, 0.2) is 0 Å². The van der Waals surface area contributed by atoms with Gasteiger partial charge in [-0.2, -0.15) is 0 Å². The van der Waals surface area contributed by atoms with Crippen molar-refractivity contribution >= 4 is 36.4 Å². The molecular weight excluding hydrogens is 389 g/mol. The quantitative estimate of drug-likeness (QED) is 0.758. The Balaban J connectivity index is 0.00000182. The van der Waals surface area contributed by atoms with Crippen LogP contribution in [0.25, 0.3) is 0 Å². The monoisotopic (exact) mass is 413 g/mol. The second-order valence-electron chi connectivity index (χ2n) is 6.10. The summed E-state index contributed by atoms with van der Waals surface area (Å²) in [7, 11) is 0. The minimum absolute atomic E-state index is 0. The van der Waals surface area contributed by atoms with Gasteiger partial charge in [0, 0.05) is 31.2 Å². The van der Waals surface area contributed by atoms with Gasteiger partial charge in [-0.05, 0) is 43.0 Å². The van der Waals surface area contributed by atoms with E-state index in [4.69, 9.17) is 15.2 Å². The maximum Gasteiger partial charge on any atom is 0.241 e. The second kappa shape index (κ2) is 11.8. The molecule has 2 heterocycles. The Labute approximate surface area is 171 Å². The molecule has 1 aliphatic heterocycles. The molecule has 3 rings (SSSR count). The molecule has 1 aromatic heterocycles. The number of carbonyl (C=O) groups excluding carboxylic acids is 1. The van der Waals surface area contributed by atoms with Crippen molar-refractivity contribution < 1.29 is 14.3 Å². The smallest absolute Gasteiger partial charge is 0.241 e. The Kier molecular flexibility index (Phi) is 10.1. The molecule has 6 nitrogen and oxygen atoms in total. The van der Waals surface area contributed by atoms with Crippen molar-refractivity contribution in [1.29, 1.82) is 0 Å². The van der Waals surface area contributed by atoms with Gasteiger partial charge in [0.25, 0.3) is 0 Å². The zero-order valence-electron chi connectivity index (χ0n) is 14.9. The van der Waals surface area contributed by atoms with Crippen molar-refractivity contribution in [3.63, 3.8) is 0 Å². The Hall–Kier alpha value is -1.86. The normalized spacial score (nSPS) is 15.0. The number of ether oxygens (including phenoxy) is 2. The van der Waals surface area contributed by atoms with Crippen molar-refractivity contribution in [1.82, 2.24) is 4.98 Å². The highest BCUT2D eigenvalue weighted by Crippen LogP contribution is 2.21. The Morgan fingerprint density at radius 3 is 2.70 bits per heavy atom. The standard InChI is InChI=1S/C19H23N3O3.2ClH/c20-18(14-7-10-24-11-8-14)19(23)22-15-5-3-6-17(12-15)25-13-16-4-1-2-9-21-16;;/h1-6,9,12,14,18H,7-8,10-11,13,20H2,(H,22,23);2*1H.